The third-order valence-electron chi connectivity index (χ3n) is 4.88. The molecule has 0 bridgehead atoms. The molecule has 27 heavy (non-hydrogen) atoms. The molecule has 1 N–H and O–H groups in total. The second kappa shape index (κ2) is 8.41. The fourth-order valence-corrected chi connectivity index (χ4v) is 4.07. The summed E-state index contributed by atoms with van der Waals surface area (Å²) in [5, 5.41) is 9.25. The van der Waals surface area contributed by atoms with E-state index in [9.17, 15) is 4.79 Å². The molecular formula is C19H22N6OS. The van der Waals surface area contributed by atoms with Crippen LogP contribution in [0.4, 0.5) is 0 Å². The third-order valence-corrected chi connectivity index (χ3v) is 5.74. The van der Waals surface area contributed by atoms with Gasteiger partial charge in [-0.2, -0.15) is 5.10 Å². The molecule has 1 aliphatic heterocycles. The predicted octanol–water partition coefficient (Wildman–Crippen LogP) is 2.37. The summed E-state index contributed by atoms with van der Waals surface area (Å²) in [6, 6.07) is 7.75. The number of rotatable bonds is 6. The first-order valence-electron chi connectivity index (χ1n) is 9.12. The summed E-state index contributed by atoms with van der Waals surface area (Å²) in [7, 11) is 0. The van der Waals surface area contributed by atoms with Crippen LogP contribution in [0.2, 0.25) is 0 Å². The molecule has 3 aromatic rings. The first kappa shape index (κ1) is 17.8. The number of piperidine rings is 1. The molecule has 0 spiro atoms. The summed E-state index contributed by atoms with van der Waals surface area (Å²) in [5.41, 5.74) is 0.589. The van der Waals surface area contributed by atoms with Gasteiger partial charge in [0.05, 0.1) is 0 Å². The Labute approximate surface area is 162 Å². The number of hydrogen-bond acceptors (Lipinski definition) is 6. The monoisotopic (exact) mass is 382 g/mol. The van der Waals surface area contributed by atoms with Gasteiger partial charge in [0.25, 0.3) is 5.91 Å². The van der Waals surface area contributed by atoms with E-state index >= 15 is 0 Å². The van der Waals surface area contributed by atoms with E-state index in [1.54, 1.807) is 29.3 Å². The average molecular weight is 382 g/mol. The van der Waals surface area contributed by atoms with E-state index < -0.39 is 0 Å². The van der Waals surface area contributed by atoms with Crippen molar-refractivity contribution in [1.29, 1.82) is 0 Å². The predicted molar refractivity (Wildman–Crippen MR) is 104 cm³/mol. The van der Waals surface area contributed by atoms with Gasteiger partial charge in [0.1, 0.15) is 12.7 Å². The Morgan fingerprint density at radius 3 is 2.93 bits per heavy atom. The zero-order valence-corrected chi connectivity index (χ0v) is 15.8. The second-order valence-electron chi connectivity index (χ2n) is 6.75. The van der Waals surface area contributed by atoms with Gasteiger partial charge in [-0.15, -0.1) is 11.3 Å². The highest BCUT2D eigenvalue weighted by Gasteiger charge is 2.20. The number of carbonyl (C=O) groups is 1. The van der Waals surface area contributed by atoms with Crippen molar-refractivity contribution in [1.82, 2.24) is 30.0 Å². The van der Waals surface area contributed by atoms with E-state index in [0.717, 1.165) is 32.5 Å². The maximum Gasteiger partial charge on any atom is 0.251 e. The molecule has 1 fully saturated rings. The smallest absolute Gasteiger partial charge is 0.251 e. The summed E-state index contributed by atoms with van der Waals surface area (Å²) in [4.78, 5) is 24.5. The number of nitrogens with one attached hydrogen (secondary N) is 1. The Hall–Kier alpha value is -2.58. The molecule has 0 unspecified atom stereocenters. The Bertz CT molecular complexity index is 856. The topological polar surface area (TPSA) is 75.9 Å². The van der Waals surface area contributed by atoms with Crippen LogP contribution in [0.5, 0.6) is 0 Å². The number of nitrogens with zero attached hydrogens (tertiary/aromatic N) is 5. The summed E-state index contributed by atoms with van der Waals surface area (Å²) in [5.74, 6) is 1.05. The van der Waals surface area contributed by atoms with E-state index in [2.05, 4.69) is 42.8 Å². The van der Waals surface area contributed by atoms with Crippen molar-refractivity contribution in [2.45, 2.75) is 19.4 Å². The molecule has 0 saturated carbocycles. The molecule has 3 aromatic heterocycles. The van der Waals surface area contributed by atoms with Crippen LogP contribution in [-0.2, 0) is 6.54 Å². The number of thiophene rings is 1. The van der Waals surface area contributed by atoms with Crippen LogP contribution in [-0.4, -0.2) is 50.2 Å². The van der Waals surface area contributed by atoms with Crippen LogP contribution in [0.25, 0.3) is 5.82 Å². The van der Waals surface area contributed by atoms with Crippen molar-refractivity contribution >= 4 is 17.2 Å². The Morgan fingerprint density at radius 2 is 2.19 bits per heavy atom. The van der Waals surface area contributed by atoms with Gasteiger partial charge in [-0.1, -0.05) is 6.07 Å². The summed E-state index contributed by atoms with van der Waals surface area (Å²) < 4.78 is 1.54. The standard InChI is InChI=1S/C19H22N6OS/c26-19(16-3-6-21-18(10-16)25-14-20-13-23-25)22-11-15-4-7-24(8-5-15)12-17-2-1-9-27-17/h1-3,6,9-10,13-15H,4-5,7-8,11-12H2,(H,22,26). The van der Waals surface area contributed by atoms with Crippen molar-refractivity contribution < 1.29 is 4.79 Å². The number of amides is 1. The van der Waals surface area contributed by atoms with Crippen LogP contribution in [0.15, 0.2) is 48.5 Å². The van der Waals surface area contributed by atoms with Crippen molar-refractivity contribution in [3.63, 3.8) is 0 Å². The molecule has 8 heteroatoms. The van der Waals surface area contributed by atoms with Gasteiger partial charge in [-0.25, -0.2) is 14.6 Å². The zero-order valence-electron chi connectivity index (χ0n) is 15.0. The average Bonchev–Trinajstić information content (AvgIpc) is 3.41. The van der Waals surface area contributed by atoms with Crippen LogP contribution in [0.1, 0.15) is 28.1 Å². The van der Waals surface area contributed by atoms with Crippen molar-refractivity contribution in [3.05, 3.63) is 58.9 Å². The molecule has 1 amide bonds. The number of hydrogen-bond donors (Lipinski definition) is 1. The highest BCUT2D eigenvalue weighted by atomic mass is 32.1. The molecule has 0 aliphatic carbocycles. The number of aromatic nitrogens is 4. The largest absolute Gasteiger partial charge is 0.352 e. The van der Waals surface area contributed by atoms with Gasteiger partial charge in [0.2, 0.25) is 0 Å². The second-order valence-corrected chi connectivity index (χ2v) is 7.78. The molecule has 1 aliphatic rings. The highest BCUT2D eigenvalue weighted by Crippen LogP contribution is 2.20. The van der Waals surface area contributed by atoms with Crippen molar-refractivity contribution in [2.24, 2.45) is 5.92 Å². The van der Waals surface area contributed by atoms with Crippen molar-refractivity contribution in [3.8, 4) is 5.82 Å². The van der Waals surface area contributed by atoms with Crippen molar-refractivity contribution in [2.75, 3.05) is 19.6 Å². The molecule has 0 atom stereocenters. The molecule has 4 heterocycles. The Balaban J connectivity index is 1.26. The van der Waals surface area contributed by atoms with Gasteiger partial charge < -0.3 is 5.32 Å². The van der Waals surface area contributed by atoms with E-state index in [0.29, 0.717) is 23.8 Å². The van der Waals surface area contributed by atoms with Gasteiger partial charge in [0, 0.05) is 29.7 Å². The number of pyridine rings is 1. The third kappa shape index (κ3) is 4.58. The quantitative estimate of drug-likeness (QED) is 0.708. The van der Waals surface area contributed by atoms with E-state index in [-0.39, 0.29) is 5.91 Å². The summed E-state index contributed by atoms with van der Waals surface area (Å²) in [6.07, 6.45) is 6.86. The SMILES string of the molecule is O=C(NCC1CCN(Cc2cccs2)CC1)c1ccnc(-n2cncn2)c1. The van der Waals surface area contributed by atoms with Gasteiger partial charge >= 0.3 is 0 Å². The summed E-state index contributed by atoms with van der Waals surface area (Å²) in [6.45, 7) is 3.93. The fraction of sp³-hybridized carbons (Fsp3) is 0.368. The lowest BCUT2D eigenvalue weighted by molar-refractivity contribution is 0.0935. The lowest BCUT2D eigenvalue weighted by atomic mass is 9.96. The molecule has 0 radical (unpaired) electrons. The Kier molecular flexibility index (Phi) is 5.55. The number of likely N-dealkylation sites (tertiary alicyclic amines) is 1. The van der Waals surface area contributed by atoms with E-state index in [1.165, 1.54) is 11.2 Å². The minimum Gasteiger partial charge on any atom is -0.352 e. The summed E-state index contributed by atoms with van der Waals surface area (Å²) >= 11 is 1.82. The highest BCUT2D eigenvalue weighted by molar-refractivity contribution is 7.09. The number of carbonyl (C=O) groups excluding carboxylic acids is 1. The van der Waals surface area contributed by atoms with Gasteiger partial charge in [0.15, 0.2) is 5.82 Å². The normalized spacial score (nSPS) is 15.7. The molecule has 140 valence electrons. The molecule has 7 nitrogen and oxygen atoms in total. The molecule has 1 saturated heterocycles. The maximum absolute atomic E-state index is 12.5. The van der Waals surface area contributed by atoms with Gasteiger partial charge in [-0.3, -0.25) is 9.69 Å². The van der Waals surface area contributed by atoms with Gasteiger partial charge in [-0.05, 0) is 55.4 Å². The van der Waals surface area contributed by atoms with Crippen LogP contribution < -0.4 is 5.32 Å². The lowest BCUT2D eigenvalue weighted by Crippen LogP contribution is -2.38. The Morgan fingerprint density at radius 1 is 1.30 bits per heavy atom. The minimum atomic E-state index is -0.0696. The van der Waals surface area contributed by atoms with Crippen LogP contribution in [0.3, 0.4) is 0 Å². The fourth-order valence-electron chi connectivity index (χ4n) is 3.32. The van der Waals surface area contributed by atoms with E-state index in [1.807, 2.05) is 11.3 Å². The first-order chi connectivity index (χ1) is 13.3. The molecular weight excluding hydrogens is 360 g/mol. The minimum absolute atomic E-state index is 0.0696. The van der Waals surface area contributed by atoms with Crippen LogP contribution >= 0.6 is 11.3 Å². The molecule has 4 rings (SSSR count). The zero-order chi connectivity index (χ0) is 18.5. The first-order valence-corrected chi connectivity index (χ1v) is 10.00. The van der Waals surface area contributed by atoms with E-state index in [4.69, 9.17) is 0 Å². The van der Waals surface area contributed by atoms with Crippen LogP contribution in [0, 0.1) is 5.92 Å². The molecule has 0 aromatic carbocycles. The maximum atomic E-state index is 12.5. The lowest BCUT2D eigenvalue weighted by Gasteiger charge is -2.31.